The Balaban J connectivity index is 2.39. The molecule has 0 atom stereocenters. The Kier molecular flexibility index (Phi) is 8.07. The maximum atomic E-state index is 5.76. The molecule has 1 aromatic rings. The number of unbranched alkanes of at least 4 members (excludes halogenated alkanes) is 3. The Morgan fingerprint density at radius 2 is 1.95 bits per heavy atom. The quantitative estimate of drug-likeness (QED) is 0.633. The minimum absolute atomic E-state index is 0.772. The number of anilines is 1. The van der Waals surface area contributed by atoms with Crippen LogP contribution in [0.2, 0.25) is 0 Å². The standard InChI is InChI=1S/C16H28N2O/c1-3-12-19-16-9-8-14(2)13-15(16)18-11-7-5-4-6-10-17/h8-9,13,18H,3-7,10-12,17H2,1-2H3. The molecule has 0 aliphatic rings. The Hall–Kier alpha value is -1.22. The minimum atomic E-state index is 0.772. The van der Waals surface area contributed by atoms with E-state index in [1.165, 1.54) is 24.8 Å². The van der Waals surface area contributed by atoms with Gasteiger partial charge in [-0.25, -0.2) is 0 Å². The van der Waals surface area contributed by atoms with E-state index in [0.717, 1.165) is 44.0 Å². The molecule has 0 bridgehead atoms. The molecule has 0 aromatic heterocycles. The van der Waals surface area contributed by atoms with Gasteiger partial charge in [0.25, 0.3) is 0 Å². The van der Waals surface area contributed by atoms with E-state index in [9.17, 15) is 0 Å². The first-order valence-corrected chi connectivity index (χ1v) is 7.45. The van der Waals surface area contributed by atoms with Crippen molar-refractivity contribution in [1.29, 1.82) is 0 Å². The van der Waals surface area contributed by atoms with Crippen LogP contribution in [0.3, 0.4) is 0 Å². The normalized spacial score (nSPS) is 10.5. The van der Waals surface area contributed by atoms with Crippen molar-refractivity contribution >= 4 is 5.69 Å². The Bertz CT molecular complexity index is 353. The van der Waals surface area contributed by atoms with E-state index in [4.69, 9.17) is 10.5 Å². The van der Waals surface area contributed by atoms with E-state index >= 15 is 0 Å². The molecule has 1 rings (SSSR count). The lowest BCUT2D eigenvalue weighted by Gasteiger charge is -2.13. The third-order valence-corrected chi connectivity index (χ3v) is 3.04. The number of rotatable bonds is 10. The van der Waals surface area contributed by atoms with Crippen molar-refractivity contribution in [1.82, 2.24) is 0 Å². The first kappa shape index (κ1) is 15.8. The van der Waals surface area contributed by atoms with Crippen LogP contribution >= 0.6 is 0 Å². The molecule has 3 N–H and O–H groups in total. The second-order valence-corrected chi connectivity index (χ2v) is 4.98. The van der Waals surface area contributed by atoms with E-state index in [1.807, 2.05) is 0 Å². The number of ether oxygens (including phenoxy) is 1. The molecule has 0 aliphatic heterocycles. The summed E-state index contributed by atoms with van der Waals surface area (Å²) < 4.78 is 5.76. The number of nitrogens with two attached hydrogens (primary N) is 1. The zero-order valence-electron chi connectivity index (χ0n) is 12.4. The molecular formula is C16H28N2O. The van der Waals surface area contributed by atoms with Gasteiger partial charge in [0, 0.05) is 6.54 Å². The first-order chi connectivity index (χ1) is 9.27. The lowest BCUT2D eigenvalue weighted by molar-refractivity contribution is 0.319. The van der Waals surface area contributed by atoms with E-state index in [2.05, 4.69) is 37.4 Å². The number of nitrogens with one attached hydrogen (secondary N) is 1. The molecule has 0 spiro atoms. The Morgan fingerprint density at radius 1 is 1.16 bits per heavy atom. The Labute approximate surface area is 117 Å². The molecule has 0 unspecified atom stereocenters. The molecule has 0 fully saturated rings. The lowest BCUT2D eigenvalue weighted by Crippen LogP contribution is -2.05. The molecule has 19 heavy (non-hydrogen) atoms. The van der Waals surface area contributed by atoms with Crippen LogP contribution in [-0.4, -0.2) is 19.7 Å². The van der Waals surface area contributed by atoms with Gasteiger partial charge in [-0.1, -0.05) is 25.8 Å². The first-order valence-electron chi connectivity index (χ1n) is 7.45. The predicted molar refractivity (Wildman–Crippen MR) is 83.0 cm³/mol. The van der Waals surface area contributed by atoms with E-state index in [-0.39, 0.29) is 0 Å². The SMILES string of the molecule is CCCOc1ccc(C)cc1NCCCCCCN. The largest absolute Gasteiger partial charge is 0.491 e. The van der Waals surface area contributed by atoms with Crippen molar-refractivity contribution in [2.24, 2.45) is 5.73 Å². The van der Waals surface area contributed by atoms with Gasteiger partial charge >= 0.3 is 0 Å². The topological polar surface area (TPSA) is 47.3 Å². The van der Waals surface area contributed by atoms with Crippen LogP contribution in [0, 0.1) is 6.92 Å². The van der Waals surface area contributed by atoms with Gasteiger partial charge in [0.15, 0.2) is 0 Å². The summed E-state index contributed by atoms with van der Waals surface area (Å²) in [6, 6.07) is 6.31. The third-order valence-electron chi connectivity index (χ3n) is 3.04. The number of aryl methyl sites for hydroxylation is 1. The summed E-state index contributed by atoms with van der Waals surface area (Å²) in [4.78, 5) is 0. The van der Waals surface area contributed by atoms with Crippen LogP contribution < -0.4 is 15.8 Å². The van der Waals surface area contributed by atoms with Crippen molar-refractivity contribution in [3.63, 3.8) is 0 Å². The van der Waals surface area contributed by atoms with Crippen molar-refractivity contribution in [2.45, 2.75) is 46.0 Å². The van der Waals surface area contributed by atoms with Gasteiger partial charge in [-0.2, -0.15) is 0 Å². The molecule has 108 valence electrons. The van der Waals surface area contributed by atoms with Gasteiger partial charge in [-0.3, -0.25) is 0 Å². The van der Waals surface area contributed by atoms with Gasteiger partial charge in [0.2, 0.25) is 0 Å². The predicted octanol–water partition coefficient (Wildman–Crippen LogP) is 3.71. The zero-order chi connectivity index (χ0) is 13.9. The van der Waals surface area contributed by atoms with Crippen LogP contribution in [0.1, 0.15) is 44.6 Å². The zero-order valence-corrected chi connectivity index (χ0v) is 12.4. The summed E-state index contributed by atoms with van der Waals surface area (Å²) in [5, 5.41) is 3.48. The molecule has 1 aromatic carbocycles. The highest BCUT2D eigenvalue weighted by atomic mass is 16.5. The highest BCUT2D eigenvalue weighted by molar-refractivity contribution is 5.57. The highest BCUT2D eigenvalue weighted by Gasteiger charge is 2.03. The molecule has 3 nitrogen and oxygen atoms in total. The molecule has 0 amide bonds. The molecule has 0 radical (unpaired) electrons. The fraction of sp³-hybridized carbons (Fsp3) is 0.625. The monoisotopic (exact) mass is 264 g/mol. The van der Waals surface area contributed by atoms with E-state index < -0.39 is 0 Å². The Morgan fingerprint density at radius 3 is 2.68 bits per heavy atom. The van der Waals surface area contributed by atoms with Crippen molar-refractivity contribution in [3.05, 3.63) is 23.8 Å². The molecular weight excluding hydrogens is 236 g/mol. The smallest absolute Gasteiger partial charge is 0.142 e. The van der Waals surface area contributed by atoms with Crippen molar-refractivity contribution in [2.75, 3.05) is 25.0 Å². The van der Waals surface area contributed by atoms with Crippen molar-refractivity contribution < 1.29 is 4.74 Å². The number of hydrogen-bond acceptors (Lipinski definition) is 3. The summed E-state index contributed by atoms with van der Waals surface area (Å²) in [5.41, 5.74) is 7.86. The lowest BCUT2D eigenvalue weighted by atomic mass is 10.1. The molecule has 0 aliphatic carbocycles. The summed E-state index contributed by atoms with van der Waals surface area (Å²) in [5.74, 6) is 0.967. The van der Waals surface area contributed by atoms with Crippen LogP contribution in [0.4, 0.5) is 5.69 Å². The van der Waals surface area contributed by atoms with Crippen molar-refractivity contribution in [3.8, 4) is 5.75 Å². The second-order valence-electron chi connectivity index (χ2n) is 4.98. The van der Waals surface area contributed by atoms with Gasteiger partial charge in [-0.15, -0.1) is 0 Å². The average molecular weight is 264 g/mol. The third kappa shape index (κ3) is 6.48. The maximum Gasteiger partial charge on any atom is 0.142 e. The van der Waals surface area contributed by atoms with Gasteiger partial charge < -0.3 is 15.8 Å². The average Bonchev–Trinajstić information content (AvgIpc) is 2.42. The van der Waals surface area contributed by atoms with Crippen LogP contribution in [0.25, 0.3) is 0 Å². The summed E-state index contributed by atoms with van der Waals surface area (Å²) in [7, 11) is 0. The highest BCUT2D eigenvalue weighted by Crippen LogP contribution is 2.25. The number of benzene rings is 1. The van der Waals surface area contributed by atoms with E-state index in [0.29, 0.717) is 0 Å². The van der Waals surface area contributed by atoms with Gasteiger partial charge in [-0.05, 0) is 50.4 Å². The summed E-state index contributed by atoms with van der Waals surface area (Å²) >= 11 is 0. The summed E-state index contributed by atoms with van der Waals surface area (Å²) in [6.07, 6.45) is 5.81. The van der Waals surface area contributed by atoms with Crippen LogP contribution in [-0.2, 0) is 0 Å². The second kappa shape index (κ2) is 9.68. The molecule has 0 saturated carbocycles. The summed E-state index contributed by atoms with van der Waals surface area (Å²) in [6.45, 7) is 6.81. The fourth-order valence-electron chi connectivity index (χ4n) is 1.97. The fourth-order valence-corrected chi connectivity index (χ4v) is 1.97. The van der Waals surface area contributed by atoms with Gasteiger partial charge in [0.1, 0.15) is 5.75 Å². The number of hydrogen-bond donors (Lipinski definition) is 2. The van der Waals surface area contributed by atoms with E-state index in [1.54, 1.807) is 0 Å². The van der Waals surface area contributed by atoms with Crippen LogP contribution in [0.5, 0.6) is 5.75 Å². The maximum absolute atomic E-state index is 5.76. The molecule has 0 saturated heterocycles. The molecule has 3 heteroatoms. The minimum Gasteiger partial charge on any atom is -0.491 e. The van der Waals surface area contributed by atoms with Gasteiger partial charge in [0.05, 0.1) is 12.3 Å². The van der Waals surface area contributed by atoms with Crippen LogP contribution in [0.15, 0.2) is 18.2 Å². The molecule has 0 heterocycles.